The van der Waals surface area contributed by atoms with Gasteiger partial charge in [-0.2, -0.15) is 0 Å². The average molecular weight is 437 g/mol. The van der Waals surface area contributed by atoms with Crippen molar-refractivity contribution in [1.29, 1.82) is 0 Å². The summed E-state index contributed by atoms with van der Waals surface area (Å²) in [5.41, 5.74) is 0.978. The maximum atomic E-state index is 12.3. The molecule has 2 heterocycles. The largest absolute Gasteiger partial charge is 0.477 e. The molecular weight excluding hydrogens is 412 g/mol. The van der Waals surface area contributed by atoms with Gasteiger partial charge in [0.2, 0.25) is 11.8 Å². The molecule has 2 aliphatic rings. The maximum absolute atomic E-state index is 12.3. The van der Waals surface area contributed by atoms with Gasteiger partial charge in [0, 0.05) is 12.2 Å². The summed E-state index contributed by atoms with van der Waals surface area (Å²) in [5.74, 6) is -1.80. The molecule has 0 bridgehead atoms. The van der Waals surface area contributed by atoms with Gasteiger partial charge in [0.25, 0.3) is 0 Å². The fourth-order valence-corrected chi connectivity index (χ4v) is 6.28. The van der Waals surface area contributed by atoms with Crippen LogP contribution in [-0.4, -0.2) is 50.1 Å². The Morgan fingerprint density at radius 2 is 2.00 bits per heavy atom. The Balaban J connectivity index is 1.55. The molecule has 3 N–H and O–H groups in total. The topological polar surface area (TPSA) is 107 Å². The second-order valence-corrected chi connectivity index (χ2v) is 9.45. The van der Waals surface area contributed by atoms with Crippen molar-refractivity contribution < 1.29 is 24.6 Å². The van der Waals surface area contributed by atoms with E-state index in [2.05, 4.69) is 5.32 Å². The molecule has 0 unspecified atom stereocenters. The van der Waals surface area contributed by atoms with Crippen molar-refractivity contribution in [2.45, 2.75) is 44.2 Å². The van der Waals surface area contributed by atoms with E-state index in [1.165, 1.54) is 28.4 Å². The molecule has 0 spiro atoms. The molecule has 4 atom stereocenters. The van der Waals surface area contributed by atoms with Crippen LogP contribution in [0, 0.1) is 5.92 Å². The van der Waals surface area contributed by atoms with Gasteiger partial charge in [-0.3, -0.25) is 14.5 Å². The molecule has 156 valence electrons. The first-order chi connectivity index (χ1) is 13.8. The first-order valence-electron chi connectivity index (χ1n) is 9.47. The molecule has 3 rings (SSSR count). The van der Waals surface area contributed by atoms with E-state index in [9.17, 15) is 24.6 Å². The third-order valence-electron chi connectivity index (χ3n) is 5.02. The predicted octanol–water partition coefficient (Wildman–Crippen LogP) is 2.54. The van der Waals surface area contributed by atoms with E-state index in [1.54, 1.807) is 6.92 Å². The van der Waals surface area contributed by atoms with Crippen LogP contribution in [0.4, 0.5) is 0 Å². The predicted molar refractivity (Wildman–Crippen MR) is 113 cm³/mol. The zero-order valence-corrected chi connectivity index (χ0v) is 17.8. The second kappa shape index (κ2) is 9.23. The van der Waals surface area contributed by atoms with Gasteiger partial charge < -0.3 is 15.5 Å². The van der Waals surface area contributed by atoms with Crippen LogP contribution in [0.2, 0.25) is 0 Å². The Morgan fingerprint density at radius 1 is 1.31 bits per heavy atom. The van der Waals surface area contributed by atoms with Gasteiger partial charge in [-0.05, 0) is 18.9 Å². The van der Waals surface area contributed by atoms with Gasteiger partial charge in [-0.25, -0.2) is 4.79 Å². The second-order valence-electron chi connectivity index (χ2n) is 6.96. The lowest BCUT2D eigenvalue weighted by molar-refractivity contribution is -0.157. The number of nitrogens with zero attached hydrogens (tertiary/aromatic N) is 1. The number of aliphatic carboxylic acids is 1. The van der Waals surface area contributed by atoms with Gasteiger partial charge in [0.05, 0.1) is 22.3 Å². The first kappa shape index (κ1) is 21.7. The highest BCUT2D eigenvalue weighted by molar-refractivity contribution is 8.22. The molecule has 1 saturated heterocycles. The number of aliphatic hydroxyl groups is 1. The normalized spacial score (nSPS) is 22.7. The lowest BCUT2D eigenvalue weighted by Crippen LogP contribution is -2.61. The number of benzene rings is 1. The van der Waals surface area contributed by atoms with Crippen LogP contribution in [0.1, 0.15) is 38.3 Å². The Labute approximate surface area is 177 Å². The van der Waals surface area contributed by atoms with Crippen molar-refractivity contribution in [3.63, 3.8) is 0 Å². The number of hydrogen-bond donors (Lipinski definition) is 3. The standard InChI is InChI=1S/C20H24N2O5S2/c1-3-13(23)15-17(25)22-16(19(26)27)20(29-18(15)22)28-10-9-14(24)21-11(2)12-7-5-4-6-8-12/h4-8,11,13,15,18,23H,3,9-10H2,1-2H3,(H,21,24)(H,26,27)/t11-,13-,15+,18+/m0/s1. The van der Waals surface area contributed by atoms with Crippen molar-refractivity contribution in [1.82, 2.24) is 10.2 Å². The third-order valence-corrected chi connectivity index (χ3v) is 7.68. The Bertz CT molecular complexity index is 829. The summed E-state index contributed by atoms with van der Waals surface area (Å²) in [6, 6.07) is 9.53. The molecule has 9 heteroatoms. The molecule has 0 aliphatic carbocycles. The van der Waals surface area contributed by atoms with Crippen LogP contribution < -0.4 is 5.32 Å². The quantitative estimate of drug-likeness (QED) is 0.511. The highest BCUT2D eigenvalue weighted by Gasteiger charge is 2.58. The van der Waals surface area contributed by atoms with E-state index < -0.39 is 18.0 Å². The molecule has 2 aliphatic heterocycles. The highest BCUT2D eigenvalue weighted by Crippen LogP contribution is 2.54. The minimum absolute atomic E-state index is 0.0346. The number of amides is 2. The van der Waals surface area contributed by atoms with Crippen LogP contribution in [0.3, 0.4) is 0 Å². The number of fused-ring (bicyclic) bond motifs is 1. The van der Waals surface area contributed by atoms with E-state index >= 15 is 0 Å². The molecule has 1 aromatic rings. The van der Waals surface area contributed by atoms with Crippen molar-refractivity contribution >= 4 is 41.3 Å². The zero-order chi connectivity index (χ0) is 21.1. The SMILES string of the molecule is CC[C@H](O)[C@@H]1C(=O)N2C(C(=O)O)=C(SCCC(=O)N[C@@H](C)c3ccccc3)S[C@H]12. The van der Waals surface area contributed by atoms with Gasteiger partial charge in [0.1, 0.15) is 5.37 Å². The average Bonchev–Trinajstić information content (AvgIpc) is 3.03. The summed E-state index contributed by atoms with van der Waals surface area (Å²) in [4.78, 5) is 37.5. The third kappa shape index (κ3) is 4.46. The Hall–Kier alpha value is -1.97. The number of rotatable bonds is 9. The Morgan fingerprint density at radius 3 is 2.62 bits per heavy atom. The number of carbonyl (C=O) groups excluding carboxylic acids is 2. The molecule has 0 saturated carbocycles. The summed E-state index contributed by atoms with van der Waals surface area (Å²) < 4.78 is 0.519. The van der Waals surface area contributed by atoms with E-state index in [0.717, 1.165) is 5.56 Å². The maximum Gasteiger partial charge on any atom is 0.354 e. The Kier molecular flexibility index (Phi) is 6.92. The highest BCUT2D eigenvalue weighted by atomic mass is 32.2. The molecule has 2 amide bonds. The van der Waals surface area contributed by atoms with Crippen molar-refractivity contribution in [3.05, 3.63) is 45.8 Å². The number of aliphatic hydroxyl groups excluding tert-OH is 1. The number of carbonyl (C=O) groups is 3. The van der Waals surface area contributed by atoms with Crippen molar-refractivity contribution in [3.8, 4) is 0 Å². The molecule has 7 nitrogen and oxygen atoms in total. The minimum Gasteiger partial charge on any atom is -0.477 e. The van der Waals surface area contributed by atoms with Crippen molar-refractivity contribution in [2.75, 3.05) is 5.75 Å². The number of thioether (sulfide) groups is 2. The number of carboxylic acid groups (broad SMARTS) is 1. The van der Waals surface area contributed by atoms with Gasteiger partial charge in [0.15, 0.2) is 5.70 Å². The fraction of sp³-hybridized carbons (Fsp3) is 0.450. The molecule has 1 fully saturated rings. The minimum atomic E-state index is -1.16. The number of β-lactam (4-membered cyclic amide) rings is 1. The lowest BCUT2D eigenvalue weighted by atomic mass is 9.90. The summed E-state index contributed by atoms with van der Waals surface area (Å²) in [5, 5.41) is 22.1. The van der Waals surface area contributed by atoms with E-state index in [4.69, 9.17) is 0 Å². The first-order valence-corrected chi connectivity index (χ1v) is 11.3. The number of nitrogens with one attached hydrogen (secondary N) is 1. The summed E-state index contributed by atoms with van der Waals surface area (Å²) in [6.45, 7) is 3.70. The summed E-state index contributed by atoms with van der Waals surface area (Å²) in [6.07, 6.45) is -0.106. The molecule has 0 radical (unpaired) electrons. The van der Waals surface area contributed by atoms with Gasteiger partial charge in [-0.15, -0.1) is 11.8 Å². The number of carboxylic acids is 1. The lowest BCUT2D eigenvalue weighted by Gasteiger charge is -2.44. The van der Waals surface area contributed by atoms with Crippen LogP contribution in [0.25, 0.3) is 0 Å². The monoisotopic (exact) mass is 436 g/mol. The summed E-state index contributed by atoms with van der Waals surface area (Å²) >= 11 is 2.56. The zero-order valence-electron chi connectivity index (χ0n) is 16.2. The smallest absolute Gasteiger partial charge is 0.354 e. The molecular formula is C20H24N2O5S2. The van der Waals surface area contributed by atoms with E-state index in [1.807, 2.05) is 37.3 Å². The van der Waals surface area contributed by atoms with Gasteiger partial charge >= 0.3 is 5.97 Å². The summed E-state index contributed by atoms with van der Waals surface area (Å²) in [7, 11) is 0. The van der Waals surface area contributed by atoms with Crippen LogP contribution in [0.5, 0.6) is 0 Å². The van der Waals surface area contributed by atoms with Crippen LogP contribution in [0.15, 0.2) is 40.3 Å². The molecule has 1 aromatic carbocycles. The fourth-order valence-electron chi connectivity index (χ4n) is 3.39. The molecule has 0 aromatic heterocycles. The number of hydrogen-bond acceptors (Lipinski definition) is 6. The van der Waals surface area contributed by atoms with Crippen LogP contribution >= 0.6 is 23.5 Å². The van der Waals surface area contributed by atoms with E-state index in [-0.39, 0.29) is 35.3 Å². The van der Waals surface area contributed by atoms with Gasteiger partial charge in [-0.1, -0.05) is 49.0 Å². The molecule has 29 heavy (non-hydrogen) atoms. The van der Waals surface area contributed by atoms with E-state index in [0.29, 0.717) is 16.4 Å². The van der Waals surface area contributed by atoms with Crippen LogP contribution in [-0.2, 0) is 14.4 Å². The van der Waals surface area contributed by atoms with Crippen molar-refractivity contribution in [2.24, 2.45) is 5.92 Å².